The highest BCUT2D eigenvalue weighted by atomic mass is 32.1. The van der Waals surface area contributed by atoms with Crippen LogP contribution < -0.4 is 4.90 Å². The van der Waals surface area contributed by atoms with Gasteiger partial charge in [0.25, 0.3) is 0 Å². The van der Waals surface area contributed by atoms with Gasteiger partial charge in [-0.1, -0.05) is 152 Å². The molecule has 0 amide bonds. The van der Waals surface area contributed by atoms with Crippen LogP contribution in [0, 0.1) is 0 Å². The molecule has 1 nitrogen and oxygen atoms in total. The van der Waals surface area contributed by atoms with E-state index in [2.05, 4.69) is 193 Å². The smallest absolute Gasteiger partial charge is 0.0540 e. The molecule has 2 heteroatoms. The number of benzene rings is 9. The topological polar surface area (TPSA) is 3.24 Å². The number of hydrogen-bond acceptors (Lipinski definition) is 2. The second-order valence-corrected chi connectivity index (χ2v) is 13.9. The molecule has 0 bridgehead atoms. The van der Waals surface area contributed by atoms with Gasteiger partial charge in [0.15, 0.2) is 0 Å². The zero-order valence-corrected chi connectivity index (χ0v) is 28.1. The van der Waals surface area contributed by atoms with Gasteiger partial charge in [0.1, 0.15) is 0 Å². The maximum Gasteiger partial charge on any atom is 0.0540 e. The molecule has 0 saturated carbocycles. The summed E-state index contributed by atoms with van der Waals surface area (Å²) in [7, 11) is 0. The minimum atomic E-state index is 1.13. The van der Waals surface area contributed by atoms with E-state index in [0.717, 1.165) is 17.1 Å². The van der Waals surface area contributed by atoms with Crippen LogP contribution in [0.4, 0.5) is 17.1 Å². The molecule has 1 heterocycles. The number of anilines is 3. The minimum Gasteiger partial charge on any atom is -0.309 e. The van der Waals surface area contributed by atoms with Crippen molar-refractivity contribution < 1.29 is 0 Å². The van der Waals surface area contributed by atoms with E-state index in [-0.39, 0.29) is 0 Å². The largest absolute Gasteiger partial charge is 0.309 e. The fourth-order valence-corrected chi connectivity index (χ4v) is 8.93. The van der Waals surface area contributed by atoms with E-state index < -0.39 is 0 Å². The first-order valence-electron chi connectivity index (χ1n) is 17.1. The first-order valence-corrected chi connectivity index (χ1v) is 17.9. The van der Waals surface area contributed by atoms with E-state index in [1.165, 1.54) is 74.7 Å². The molecule has 234 valence electrons. The van der Waals surface area contributed by atoms with Crippen LogP contribution in [-0.2, 0) is 0 Å². The van der Waals surface area contributed by atoms with E-state index in [1.807, 2.05) is 11.3 Å². The quantitative estimate of drug-likeness (QED) is 0.167. The summed E-state index contributed by atoms with van der Waals surface area (Å²) in [5.74, 6) is 0. The van der Waals surface area contributed by atoms with Gasteiger partial charge in [0.05, 0.1) is 11.4 Å². The van der Waals surface area contributed by atoms with Gasteiger partial charge in [-0.3, -0.25) is 0 Å². The summed E-state index contributed by atoms with van der Waals surface area (Å²) in [6.45, 7) is 0. The van der Waals surface area contributed by atoms with E-state index in [9.17, 15) is 0 Å². The van der Waals surface area contributed by atoms with E-state index in [0.29, 0.717) is 0 Å². The number of rotatable bonds is 5. The highest BCUT2D eigenvalue weighted by Crippen LogP contribution is 2.48. The second-order valence-electron chi connectivity index (χ2n) is 12.9. The first kappa shape index (κ1) is 28.8. The average molecular weight is 654 g/mol. The molecule has 0 N–H and O–H groups in total. The summed E-state index contributed by atoms with van der Waals surface area (Å²) in [5, 5.41) is 10.1. The maximum absolute atomic E-state index is 2.49. The summed E-state index contributed by atoms with van der Waals surface area (Å²) in [5.41, 5.74) is 8.25. The predicted octanol–water partition coefficient (Wildman–Crippen LogP) is 14.3. The fraction of sp³-hybridized carbons (Fsp3) is 0. The summed E-state index contributed by atoms with van der Waals surface area (Å²) >= 11 is 1.86. The molecule has 0 fully saturated rings. The van der Waals surface area contributed by atoms with Crippen molar-refractivity contribution in [1.82, 2.24) is 0 Å². The van der Waals surface area contributed by atoms with Crippen molar-refractivity contribution in [2.75, 3.05) is 4.90 Å². The summed E-state index contributed by atoms with van der Waals surface area (Å²) in [6.07, 6.45) is 0. The van der Waals surface area contributed by atoms with Crippen LogP contribution in [0.25, 0.3) is 74.7 Å². The SMILES string of the molecule is c1ccc(N(c2ccc3c(c2)sc2ccccc23)c2ccccc2-c2cc3ccccc3c3ccccc23)c(-c2cccc3ccccc23)c1. The Morgan fingerprint density at radius 1 is 0.300 bits per heavy atom. The van der Waals surface area contributed by atoms with Crippen molar-refractivity contribution >= 4 is 80.9 Å². The molecule has 50 heavy (non-hydrogen) atoms. The van der Waals surface area contributed by atoms with Crippen LogP contribution in [0.1, 0.15) is 0 Å². The monoisotopic (exact) mass is 653 g/mol. The Balaban J connectivity index is 1.28. The zero-order valence-electron chi connectivity index (χ0n) is 27.3. The molecule has 0 unspecified atom stereocenters. The molecule has 1 aromatic heterocycles. The Morgan fingerprint density at radius 3 is 1.64 bits per heavy atom. The van der Waals surface area contributed by atoms with Gasteiger partial charge < -0.3 is 4.90 Å². The highest BCUT2D eigenvalue weighted by Gasteiger charge is 2.23. The lowest BCUT2D eigenvalue weighted by atomic mass is 9.91. The highest BCUT2D eigenvalue weighted by molar-refractivity contribution is 7.25. The molecule has 10 aromatic rings. The number of fused-ring (bicyclic) bond motifs is 7. The standard InChI is InChI=1S/C48H31NS/c1-3-17-35-32(14-1)16-13-24-38(35)40-21-7-10-25-45(40)49(34-28-29-43-42-23-9-12-27-47(42)50-48(43)31-34)46-26-11-8-22-41(46)44-30-33-15-2-4-18-36(33)37-19-5-6-20-39(37)44/h1-31H. The van der Waals surface area contributed by atoms with Crippen LogP contribution in [0.2, 0.25) is 0 Å². The molecule has 0 saturated heterocycles. The molecular weight excluding hydrogens is 623 g/mol. The average Bonchev–Trinajstić information content (AvgIpc) is 3.56. The van der Waals surface area contributed by atoms with Crippen LogP contribution >= 0.6 is 11.3 Å². The number of para-hydroxylation sites is 2. The Labute approximate surface area is 294 Å². The van der Waals surface area contributed by atoms with Crippen molar-refractivity contribution in [1.29, 1.82) is 0 Å². The van der Waals surface area contributed by atoms with Crippen molar-refractivity contribution in [3.8, 4) is 22.3 Å². The normalized spacial score (nSPS) is 11.6. The van der Waals surface area contributed by atoms with Crippen molar-refractivity contribution in [3.05, 3.63) is 188 Å². The molecule has 0 spiro atoms. The fourth-order valence-electron chi connectivity index (χ4n) is 7.79. The second kappa shape index (κ2) is 11.7. The van der Waals surface area contributed by atoms with Crippen LogP contribution in [-0.4, -0.2) is 0 Å². The lowest BCUT2D eigenvalue weighted by Crippen LogP contribution is -2.12. The molecule has 0 aliphatic heterocycles. The third kappa shape index (κ3) is 4.61. The third-order valence-corrected chi connectivity index (χ3v) is 11.2. The van der Waals surface area contributed by atoms with E-state index in [4.69, 9.17) is 0 Å². The Bertz CT molecular complexity index is 2890. The zero-order chi connectivity index (χ0) is 33.0. The van der Waals surface area contributed by atoms with Gasteiger partial charge in [-0.15, -0.1) is 11.3 Å². The van der Waals surface area contributed by atoms with Crippen LogP contribution in [0.15, 0.2) is 188 Å². The Kier molecular flexibility index (Phi) is 6.75. The Morgan fingerprint density at radius 2 is 0.840 bits per heavy atom. The summed E-state index contributed by atoms with van der Waals surface area (Å²) in [6, 6.07) is 68.8. The predicted molar refractivity (Wildman–Crippen MR) is 217 cm³/mol. The minimum absolute atomic E-state index is 1.13. The van der Waals surface area contributed by atoms with E-state index in [1.54, 1.807) is 0 Å². The summed E-state index contributed by atoms with van der Waals surface area (Å²) < 4.78 is 2.59. The van der Waals surface area contributed by atoms with Gasteiger partial charge in [0, 0.05) is 37.0 Å². The van der Waals surface area contributed by atoms with Crippen LogP contribution in [0.5, 0.6) is 0 Å². The van der Waals surface area contributed by atoms with Gasteiger partial charge in [-0.2, -0.15) is 0 Å². The van der Waals surface area contributed by atoms with E-state index >= 15 is 0 Å². The molecule has 0 aliphatic rings. The van der Waals surface area contributed by atoms with Crippen molar-refractivity contribution in [2.24, 2.45) is 0 Å². The molecule has 9 aromatic carbocycles. The Hall–Kier alpha value is -6.22. The summed E-state index contributed by atoms with van der Waals surface area (Å²) in [4.78, 5) is 2.49. The number of thiophene rings is 1. The van der Waals surface area contributed by atoms with Crippen LogP contribution in [0.3, 0.4) is 0 Å². The molecule has 0 radical (unpaired) electrons. The first-order chi connectivity index (χ1) is 24.8. The third-order valence-electron chi connectivity index (χ3n) is 10.0. The molecule has 0 atom stereocenters. The molecular formula is C48H31NS. The lowest BCUT2D eigenvalue weighted by Gasteiger charge is -2.30. The van der Waals surface area contributed by atoms with Gasteiger partial charge >= 0.3 is 0 Å². The van der Waals surface area contributed by atoms with Gasteiger partial charge in [-0.05, 0) is 79.8 Å². The molecule has 0 aliphatic carbocycles. The molecule has 10 rings (SSSR count). The lowest BCUT2D eigenvalue weighted by molar-refractivity contribution is 1.29. The van der Waals surface area contributed by atoms with Crippen molar-refractivity contribution in [2.45, 2.75) is 0 Å². The van der Waals surface area contributed by atoms with Gasteiger partial charge in [0.2, 0.25) is 0 Å². The number of hydrogen-bond donors (Lipinski definition) is 0. The maximum atomic E-state index is 2.49. The number of nitrogens with zero attached hydrogens (tertiary/aromatic N) is 1. The van der Waals surface area contributed by atoms with Crippen molar-refractivity contribution in [3.63, 3.8) is 0 Å². The van der Waals surface area contributed by atoms with Gasteiger partial charge in [-0.25, -0.2) is 0 Å².